The van der Waals surface area contributed by atoms with E-state index in [0.29, 0.717) is 6.54 Å². The summed E-state index contributed by atoms with van der Waals surface area (Å²) >= 11 is 0. The van der Waals surface area contributed by atoms with Crippen LogP contribution in [0.5, 0.6) is 5.75 Å². The van der Waals surface area contributed by atoms with E-state index in [4.69, 9.17) is 4.74 Å². The summed E-state index contributed by atoms with van der Waals surface area (Å²) in [4.78, 5) is 2.31. The number of aromatic nitrogens is 2. The van der Waals surface area contributed by atoms with E-state index in [-0.39, 0.29) is 12.0 Å². The van der Waals surface area contributed by atoms with Crippen molar-refractivity contribution in [3.05, 3.63) is 46.3 Å². The van der Waals surface area contributed by atoms with Crippen LogP contribution in [0.25, 0.3) is 0 Å². The molecule has 0 spiro atoms. The lowest BCUT2D eigenvalue weighted by molar-refractivity contribution is 0.140. The number of methoxy groups -OCH3 is 1. The lowest BCUT2D eigenvalue weighted by Crippen LogP contribution is -2.22. The van der Waals surface area contributed by atoms with Crippen molar-refractivity contribution in [3.8, 4) is 5.75 Å². The SMILES string of the molecule is COc1c(C)cc(C)cc1CN1CC(O)C(Cc2cc(C)[nH]n2)C1. The highest BCUT2D eigenvalue weighted by Gasteiger charge is 2.32. The zero-order valence-corrected chi connectivity index (χ0v) is 15.0. The standard InChI is InChI=1S/C19H27N3O2/c1-12-5-13(2)19(24-4)16(6-12)10-22-9-15(18(23)11-22)8-17-7-14(3)20-21-17/h5-7,15,18,23H,8-11H2,1-4H3,(H,20,21). The molecule has 0 amide bonds. The number of aromatic amines is 1. The average Bonchev–Trinajstić information content (AvgIpc) is 3.05. The molecule has 2 atom stereocenters. The Morgan fingerprint density at radius 1 is 1.25 bits per heavy atom. The highest BCUT2D eigenvalue weighted by molar-refractivity contribution is 5.43. The van der Waals surface area contributed by atoms with Gasteiger partial charge in [-0.1, -0.05) is 17.7 Å². The van der Waals surface area contributed by atoms with Gasteiger partial charge >= 0.3 is 0 Å². The first-order valence-electron chi connectivity index (χ1n) is 8.51. The topological polar surface area (TPSA) is 61.4 Å². The summed E-state index contributed by atoms with van der Waals surface area (Å²) in [5.74, 6) is 1.19. The van der Waals surface area contributed by atoms with Crippen LogP contribution in [-0.2, 0) is 13.0 Å². The molecule has 2 heterocycles. The molecule has 1 saturated heterocycles. The van der Waals surface area contributed by atoms with E-state index in [2.05, 4.69) is 47.1 Å². The number of nitrogens with one attached hydrogen (secondary N) is 1. The molecule has 5 nitrogen and oxygen atoms in total. The number of benzene rings is 1. The first-order chi connectivity index (χ1) is 11.5. The van der Waals surface area contributed by atoms with Crippen LogP contribution in [0.2, 0.25) is 0 Å². The summed E-state index contributed by atoms with van der Waals surface area (Å²) in [5.41, 5.74) is 5.69. The fourth-order valence-electron chi connectivity index (χ4n) is 3.81. The Bertz CT molecular complexity index is 711. The van der Waals surface area contributed by atoms with Crippen LogP contribution in [0.4, 0.5) is 0 Å². The van der Waals surface area contributed by atoms with Crippen LogP contribution >= 0.6 is 0 Å². The number of β-amino-alcohol motifs (C(OH)–C–C–N with tert-alkyl or cyclic N) is 1. The second-order valence-corrected chi connectivity index (χ2v) is 7.04. The van der Waals surface area contributed by atoms with Crippen LogP contribution < -0.4 is 4.74 Å². The van der Waals surface area contributed by atoms with Crippen LogP contribution in [0.3, 0.4) is 0 Å². The molecule has 0 bridgehead atoms. The summed E-state index contributed by atoms with van der Waals surface area (Å²) in [5, 5.41) is 17.7. The van der Waals surface area contributed by atoms with Crippen LogP contribution in [0.15, 0.2) is 18.2 Å². The third kappa shape index (κ3) is 3.62. The van der Waals surface area contributed by atoms with Crippen molar-refractivity contribution < 1.29 is 9.84 Å². The molecule has 2 unspecified atom stereocenters. The van der Waals surface area contributed by atoms with Gasteiger partial charge in [-0.15, -0.1) is 0 Å². The number of hydrogen-bond acceptors (Lipinski definition) is 4. The van der Waals surface area contributed by atoms with E-state index in [9.17, 15) is 5.11 Å². The number of ether oxygens (including phenoxy) is 1. The van der Waals surface area contributed by atoms with Crippen molar-refractivity contribution >= 4 is 0 Å². The fourth-order valence-corrected chi connectivity index (χ4v) is 3.81. The van der Waals surface area contributed by atoms with E-state index in [0.717, 1.165) is 42.2 Å². The average molecular weight is 329 g/mol. The molecule has 3 rings (SSSR count). The Kier molecular flexibility index (Phi) is 4.92. The number of H-pyrrole nitrogens is 1. The van der Waals surface area contributed by atoms with Gasteiger partial charge < -0.3 is 9.84 Å². The van der Waals surface area contributed by atoms with Gasteiger partial charge in [0.2, 0.25) is 0 Å². The monoisotopic (exact) mass is 329 g/mol. The summed E-state index contributed by atoms with van der Waals surface area (Å²) in [7, 11) is 1.72. The van der Waals surface area contributed by atoms with Crippen LogP contribution in [0.1, 0.15) is 28.1 Å². The van der Waals surface area contributed by atoms with Crippen molar-refractivity contribution in [2.24, 2.45) is 5.92 Å². The number of likely N-dealkylation sites (tertiary alicyclic amines) is 1. The van der Waals surface area contributed by atoms with Gasteiger partial charge in [0.15, 0.2) is 0 Å². The second-order valence-electron chi connectivity index (χ2n) is 7.04. The van der Waals surface area contributed by atoms with Gasteiger partial charge in [-0.2, -0.15) is 5.10 Å². The molecular formula is C19H27N3O2. The Balaban J connectivity index is 1.69. The third-order valence-corrected chi connectivity index (χ3v) is 4.81. The first-order valence-corrected chi connectivity index (χ1v) is 8.51. The summed E-state index contributed by atoms with van der Waals surface area (Å²) in [6.45, 7) is 8.57. The molecule has 130 valence electrons. The number of aliphatic hydroxyl groups is 1. The molecule has 5 heteroatoms. The predicted octanol–water partition coefficient (Wildman–Crippen LogP) is 2.38. The van der Waals surface area contributed by atoms with Gasteiger partial charge in [0.25, 0.3) is 0 Å². The molecule has 1 fully saturated rings. The van der Waals surface area contributed by atoms with Crippen LogP contribution in [-0.4, -0.2) is 46.5 Å². The number of hydrogen-bond donors (Lipinski definition) is 2. The predicted molar refractivity (Wildman–Crippen MR) is 94.3 cm³/mol. The summed E-state index contributed by atoms with van der Waals surface area (Å²) in [6.07, 6.45) is 0.505. The molecule has 24 heavy (non-hydrogen) atoms. The summed E-state index contributed by atoms with van der Waals surface area (Å²) in [6, 6.07) is 6.38. The maximum Gasteiger partial charge on any atom is 0.126 e. The smallest absolute Gasteiger partial charge is 0.126 e. The Labute approximate surface area is 143 Å². The molecular weight excluding hydrogens is 302 g/mol. The van der Waals surface area contributed by atoms with Crippen molar-refractivity contribution in [3.63, 3.8) is 0 Å². The molecule has 0 radical (unpaired) electrons. The number of aliphatic hydroxyl groups excluding tert-OH is 1. The maximum absolute atomic E-state index is 10.4. The molecule has 2 aromatic rings. The number of nitrogens with zero attached hydrogens (tertiary/aromatic N) is 2. The quantitative estimate of drug-likeness (QED) is 0.884. The van der Waals surface area contributed by atoms with Gasteiger partial charge in [0.1, 0.15) is 5.75 Å². The van der Waals surface area contributed by atoms with E-state index in [1.54, 1.807) is 7.11 Å². The number of rotatable bonds is 5. The minimum absolute atomic E-state index is 0.226. The van der Waals surface area contributed by atoms with Crippen molar-refractivity contribution in [1.29, 1.82) is 0 Å². The largest absolute Gasteiger partial charge is 0.496 e. The minimum atomic E-state index is -0.307. The van der Waals surface area contributed by atoms with Crippen LogP contribution in [0, 0.1) is 26.7 Å². The highest BCUT2D eigenvalue weighted by atomic mass is 16.5. The van der Waals surface area contributed by atoms with Gasteiger partial charge in [0.05, 0.1) is 18.9 Å². The first kappa shape index (κ1) is 17.0. The van der Waals surface area contributed by atoms with Crippen molar-refractivity contribution in [2.45, 2.75) is 39.8 Å². The van der Waals surface area contributed by atoms with E-state index in [1.807, 2.05) is 6.92 Å². The maximum atomic E-state index is 10.4. The third-order valence-electron chi connectivity index (χ3n) is 4.81. The molecule has 1 aliphatic rings. The van der Waals surface area contributed by atoms with E-state index in [1.165, 1.54) is 11.1 Å². The Hall–Kier alpha value is -1.85. The molecule has 1 aliphatic heterocycles. The lowest BCUT2D eigenvalue weighted by atomic mass is 10.00. The Morgan fingerprint density at radius 2 is 2.04 bits per heavy atom. The molecule has 1 aromatic carbocycles. The van der Waals surface area contributed by atoms with E-state index < -0.39 is 0 Å². The minimum Gasteiger partial charge on any atom is -0.496 e. The second kappa shape index (κ2) is 6.95. The Morgan fingerprint density at radius 3 is 2.71 bits per heavy atom. The highest BCUT2D eigenvalue weighted by Crippen LogP contribution is 2.29. The fraction of sp³-hybridized carbons (Fsp3) is 0.526. The zero-order chi connectivity index (χ0) is 17.3. The van der Waals surface area contributed by atoms with Crippen molar-refractivity contribution in [1.82, 2.24) is 15.1 Å². The summed E-state index contributed by atoms with van der Waals surface area (Å²) < 4.78 is 5.59. The molecule has 2 N–H and O–H groups in total. The van der Waals surface area contributed by atoms with Gasteiger partial charge in [-0.25, -0.2) is 0 Å². The van der Waals surface area contributed by atoms with Gasteiger partial charge in [0, 0.05) is 36.8 Å². The number of aryl methyl sites for hydroxylation is 3. The van der Waals surface area contributed by atoms with E-state index >= 15 is 0 Å². The zero-order valence-electron chi connectivity index (χ0n) is 15.0. The molecule has 1 aromatic heterocycles. The van der Waals surface area contributed by atoms with Gasteiger partial charge in [-0.3, -0.25) is 10.00 Å². The van der Waals surface area contributed by atoms with Crippen molar-refractivity contribution in [2.75, 3.05) is 20.2 Å². The molecule has 0 saturated carbocycles. The normalized spacial score (nSPS) is 21.4. The lowest BCUT2D eigenvalue weighted by Gasteiger charge is -2.19. The van der Waals surface area contributed by atoms with Gasteiger partial charge in [-0.05, 0) is 38.8 Å². The molecule has 0 aliphatic carbocycles.